The zero-order valence-electron chi connectivity index (χ0n) is 18.8. The second-order valence-electron chi connectivity index (χ2n) is 7.93. The maximum Gasteiger partial charge on any atom is 0.420 e. The van der Waals surface area contributed by atoms with Crippen LogP contribution in [0.1, 0.15) is 16.7 Å². The largest absolute Gasteiger partial charge is 0.420 e. The summed E-state index contributed by atoms with van der Waals surface area (Å²) in [5.74, 6) is -2.67. The number of hydrogen-bond acceptors (Lipinski definition) is 6. The van der Waals surface area contributed by atoms with Crippen LogP contribution in [0.3, 0.4) is 0 Å². The van der Waals surface area contributed by atoms with E-state index in [-0.39, 0.29) is 23.3 Å². The van der Waals surface area contributed by atoms with Crippen molar-refractivity contribution in [1.29, 1.82) is 0 Å². The van der Waals surface area contributed by atoms with E-state index in [0.717, 1.165) is 37.5 Å². The van der Waals surface area contributed by atoms with Gasteiger partial charge in [-0.15, -0.1) is 0 Å². The van der Waals surface area contributed by atoms with Crippen molar-refractivity contribution >= 4 is 33.4 Å². The van der Waals surface area contributed by atoms with Crippen LogP contribution in [-0.2, 0) is 22.2 Å². The molecule has 2 N–H and O–H groups in total. The number of allylic oxidation sites excluding steroid dienone is 1. The summed E-state index contributed by atoms with van der Waals surface area (Å²) >= 11 is 0. The molecule has 0 aliphatic carbocycles. The van der Waals surface area contributed by atoms with Gasteiger partial charge in [-0.25, -0.2) is 17.6 Å². The number of nitrogens with two attached hydrogens (primary N) is 1. The SMILES string of the molecule is CN(C(=O)Oc1c(C(C=NC2CS(=O)(=O)C2)=CN)cc(C(F)(F)F)cc1C(F)(F)F)c1ccc(F)cc1. The lowest BCUT2D eigenvalue weighted by Gasteiger charge is -2.23. The van der Waals surface area contributed by atoms with Gasteiger partial charge in [0.2, 0.25) is 0 Å². The summed E-state index contributed by atoms with van der Waals surface area (Å²) in [5, 5.41) is 0. The van der Waals surface area contributed by atoms with E-state index < -0.39 is 68.2 Å². The molecule has 3 rings (SSSR count). The normalized spacial score (nSPS) is 16.5. The molecule has 0 unspecified atom stereocenters. The van der Waals surface area contributed by atoms with Crippen LogP contribution in [0.5, 0.6) is 5.75 Å². The van der Waals surface area contributed by atoms with Crippen LogP contribution in [0.15, 0.2) is 47.6 Å². The van der Waals surface area contributed by atoms with Gasteiger partial charge in [-0.05, 0) is 36.4 Å². The maximum absolute atomic E-state index is 13.9. The first-order chi connectivity index (χ1) is 17.0. The number of anilines is 1. The zero-order chi connectivity index (χ0) is 27.8. The van der Waals surface area contributed by atoms with Gasteiger partial charge in [0.25, 0.3) is 0 Å². The number of hydrogen-bond donors (Lipinski definition) is 1. The van der Waals surface area contributed by atoms with Crippen molar-refractivity contribution in [2.75, 3.05) is 23.5 Å². The first kappa shape index (κ1) is 28.0. The number of rotatable bonds is 5. The van der Waals surface area contributed by atoms with Gasteiger partial charge >= 0.3 is 18.4 Å². The highest BCUT2D eigenvalue weighted by atomic mass is 32.2. The molecule has 0 bridgehead atoms. The van der Waals surface area contributed by atoms with Crippen molar-refractivity contribution in [3.63, 3.8) is 0 Å². The van der Waals surface area contributed by atoms with Gasteiger partial charge < -0.3 is 10.5 Å². The smallest absolute Gasteiger partial charge is 0.409 e. The molecule has 1 saturated heterocycles. The van der Waals surface area contributed by atoms with Crippen LogP contribution in [0, 0.1) is 5.82 Å². The topological polar surface area (TPSA) is 102 Å². The fraction of sp³-hybridized carbons (Fsp3) is 0.273. The van der Waals surface area contributed by atoms with Crippen LogP contribution in [0.25, 0.3) is 5.57 Å². The number of halogens is 7. The Hall–Kier alpha value is -3.62. The Balaban J connectivity index is 2.12. The van der Waals surface area contributed by atoms with Gasteiger partial charge in [-0.1, -0.05) is 0 Å². The lowest BCUT2D eigenvalue weighted by molar-refractivity contribution is -0.143. The van der Waals surface area contributed by atoms with Crippen molar-refractivity contribution in [1.82, 2.24) is 0 Å². The molecule has 2 aromatic carbocycles. The molecule has 7 nitrogen and oxygen atoms in total. The molecule has 0 spiro atoms. The van der Waals surface area contributed by atoms with Gasteiger partial charge in [0.05, 0.1) is 28.7 Å². The summed E-state index contributed by atoms with van der Waals surface area (Å²) in [5.41, 5.74) is 0.492. The molecular weight excluding hydrogens is 535 g/mol. The molecule has 0 atom stereocenters. The zero-order valence-corrected chi connectivity index (χ0v) is 19.6. The Bertz CT molecular complexity index is 1340. The van der Waals surface area contributed by atoms with Crippen molar-refractivity contribution in [2.24, 2.45) is 10.7 Å². The molecule has 200 valence electrons. The van der Waals surface area contributed by atoms with Crippen LogP contribution >= 0.6 is 0 Å². The third-order valence-corrected chi connectivity index (χ3v) is 6.99. The van der Waals surface area contributed by atoms with E-state index in [9.17, 15) is 43.9 Å². The standard InChI is InChI=1S/C22H18F7N3O4S/c1-32(16-4-2-14(23)3-5-16)20(33)36-19-17(12(8-30)9-31-15-10-37(34,35)11-15)6-13(21(24,25)26)7-18(19)22(27,28)29/h2-9,15H,10-11,30H2,1H3. The fourth-order valence-corrected chi connectivity index (χ4v) is 4.51. The van der Waals surface area contributed by atoms with Crippen molar-refractivity contribution in [3.8, 4) is 5.75 Å². The molecule has 1 amide bonds. The molecule has 0 radical (unpaired) electrons. The lowest BCUT2D eigenvalue weighted by atomic mass is 9.98. The number of sulfone groups is 1. The van der Waals surface area contributed by atoms with E-state index in [0.29, 0.717) is 17.2 Å². The molecule has 1 fully saturated rings. The minimum atomic E-state index is -5.40. The molecule has 37 heavy (non-hydrogen) atoms. The van der Waals surface area contributed by atoms with E-state index in [2.05, 4.69) is 4.99 Å². The van der Waals surface area contributed by atoms with E-state index in [1.165, 1.54) is 0 Å². The Labute approximate surface area is 205 Å². The average Bonchev–Trinajstić information content (AvgIpc) is 2.77. The summed E-state index contributed by atoms with van der Waals surface area (Å²) in [6.45, 7) is 0. The van der Waals surface area contributed by atoms with Crippen LogP contribution in [0.4, 0.5) is 41.2 Å². The van der Waals surface area contributed by atoms with E-state index in [1.807, 2.05) is 0 Å². The van der Waals surface area contributed by atoms with Crippen molar-refractivity contribution < 1.29 is 48.7 Å². The molecule has 1 heterocycles. The number of benzene rings is 2. The number of carbonyl (C=O) groups is 1. The summed E-state index contributed by atoms with van der Waals surface area (Å²) in [6.07, 6.45) is -10.6. The monoisotopic (exact) mass is 553 g/mol. The average molecular weight is 553 g/mol. The number of carbonyl (C=O) groups excluding carboxylic acids is 1. The predicted octanol–water partition coefficient (Wildman–Crippen LogP) is 4.67. The molecule has 0 saturated carbocycles. The lowest BCUT2D eigenvalue weighted by Crippen LogP contribution is -2.39. The Morgan fingerprint density at radius 3 is 2.16 bits per heavy atom. The first-order valence-electron chi connectivity index (χ1n) is 10.2. The van der Waals surface area contributed by atoms with Crippen molar-refractivity contribution in [2.45, 2.75) is 18.4 Å². The van der Waals surface area contributed by atoms with Crippen LogP contribution in [0.2, 0.25) is 0 Å². The fourth-order valence-electron chi connectivity index (χ4n) is 3.26. The van der Waals surface area contributed by atoms with Crippen LogP contribution < -0.4 is 15.4 Å². The number of ether oxygens (including phenoxy) is 1. The molecule has 0 aromatic heterocycles. The minimum absolute atomic E-state index is 0.00997. The third kappa shape index (κ3) is 6.58. The highest BCUT2D eigenvalue weighted by Crippen LogP contribution is 2.44. The Morgan fingerprint density at radius 2 is 1.68 bits per heavy atom. The molecular formula is C22H18F7N3O4S. The number of amides is 1. The van der Waals surface area contributed by atoms with Crippen molar-refractivity contribution in [3.05, 3.63) is 65.1 Å². The Kier molecular flexibility index (Phi) is 7.58. The highest BCUT2D eigenvalue weighted by molar-refractivity contribution is 7.92. The quantitative estimate of drug-likeness (QED) is 0.429. The summed E-state index contributed by atoms with van der Waals surface area (Å²) in [4.78, 5) is 17.3. The summed E-state index contributed by atoms with van der Waals surface area (Å²) in [7, 11) is -2.24. The van der Waals surface area contributed by atoms with Gasteiger partial charge in [0.15, 0.2) is 15.6 Å². The maximum atomic E-state index is 13.9. The first-order valence-corrected chi connectivity index (χ1v) is 12.0. The number of aliphatic imine (C=N–C) groups is 1. The predicted molar refractivity (Wildman–Crippen MR) is 120 cm³/mol. The van der Waals surface area contributed by atoms with Gasteiger partial charge in [0.1, 0.15) is 5.82 Å². The second kappa shape index (κ2) is 10.0. The summed E-state index contributed by atoms with van der Waals surface area (Å²) in [6, 6.07) is 3.50. The van der Waals surface area contributed by atoms with E-state index in [4.69, 9.17) is 10.5 Å². The molecule has 1 aliphatic rings. The number of nitrogens with zero attached hydrogens (tertiary/aromatic N) is 2. The minimum Gasteiger partial charge on any atom is -0.409 e. The van der Waals surface area contributed by atoms with Gasteiger partial charge in [-0.3, -0.25) is 9.89 Å². The Morgan fingerprint density at radius 1 is 1.08 bits per heavy atom. The van der Waals surface area contributed by atoms with E-state index in [1.54, 1.807) is 0 Å². The molecule has 2 aromatic rings. The third-order valence-electron chi connectivity index (χ3n) is 5.21. The summed E-state index contributed by atoms with van der Waals surface area (Å²) < 4.78 is 123. The molecule has 15 heteroatoms. The van der Waals surface area contributed by atoms with E-state index >= 15 is 0 Å². The van der Waals surface area contributed by atoms with Gasteiger partial charge in [0, 0.05) is 36.3 Å². The highest BCUT2D eigenvalue weighted by Gasteiger charge is 2.42. The molecule has 1 aliphatic heterocycles. The van der Waals surface area contributed by atoms with Gasteiger partial charge in [-0.2, -0.15) is 26.3 Å². The van der Waals surface area contributed by atoms with Crippen LogP contribution in [-0.4, -0.2) is 45.3 Å². The number of alkyl halides is 6. The second-order valence-corrected chi connectivity index (χ2v) is 10.1.